The van der Waals surface area contributed by atoms with Gasteiger partial charge in [0.15, 0.2) is 5.58 Å². The quantitative estimate of drug-likeness (QED) is 0.868. The minimum Gasteiger partial charge on any atom is -0.423 e. The van der Waals surface area contributed by atoms with E-state index in [1.807, 2.05) is 18.7 Å². The second kappa shape index (κ2) is 4.45. The zero-order valence-corrected chi connectivity index (χ0v) is 9.86. The van der Waals surface area contributed by atoms with E-state index < -0.39 is 5.91 Å². The number of hydrogen-bond acceptors (Lipinski definition) is 4. The largest absolute Gasteiger partial charge is 0.423 e. The number of benzene rings is 1. The molecule has 0 aliphatic carbocycles. The maximum absolute atomic E-state index is 11.2. The summed E-state index contributed by atoms with van der Waals surface area (Å²) in [4.78, 5) is 17.5. The lowest BCUT2D eigenvalue weighted by molar-refractivity contribution is 0.100. The van der Waals surface area contributed by atoms with Crippen LogP contribution in [0.1, 0.15) is 24.2 Å². The molecule has 0 aliphatic rings. The molecule has 2 N–H and O–H groups in total. The van der Waals surface area contributed by atoms with Crippen LogP contribution in [0.15, 0.2) is 16.5 Å². The number of fused-ring (bicyclic) bond motifs is 1. The molecule has 5 nitrogen and oxygen atoms in total. The third-order valence-corrected chi connectivity index (χ3v) is 2.62. The number of rotatable bonds is 4. The van der Waals surface area contributed by atoms with Crippen LogP contribution < -0.4 is 10.6 Å². The van der Waals surface area contributed by atoms with Crippen molar-refractivity contribution in [3.8, 4) is 0 Å². The Hall–Kier alpha value is -2.04. The fraction of sp³-hybridized carbons (Fsp3) is 0.333. The van der Waals surface area contributed by atoms with E-state index in [-0.39, 0.29) is 5.56 Å². The van der Waals surface area contributed by atoms with Gasteiger partial charge in [-0.15, -0.1) is 0 Å². The molecule has 89 valence electrons. The molecule has 5 heteroatoms. The molecule has 2 aromatic rings. The predicted molar refractivity (Wildman–Crippen MR) is 64.9 cm³/mol. The van der Waals surface area contributed by atoms with Gasteiger partial charge >= 0.3 is 0 Å². The molecule has 0 fully saturated rings. The predicted octanol–water partition coefficient (Wildman–Crippen LogP) is 1.57. The second-order valence-corrected chi connectivity index (χ2v) is 3.60. The second-order valence-electron chi connectivity index (χ2n) is 3.60. The van der Waals surface area contributed by atoms with Crippen LogP contribution in [0, 0.1) is 6.07 Å². The van der Waals surface area contributed by atoms with Crippen LogP contribution in [0.2, 0.25) is 0 Å². The Morgan fingerprint density at radius 3 is 2.82 bits per heavy atom. The zero-order chi connectivity index (χ0) is 12.4. The Labute approximate surface area is 99.2 Å². The van der Waals surface area contributed by atoms with E-state index >= 15 is 0 Å². The van der Waals surface area contributed by atoms with Gasteiger partial charge in [0, 0.05) is 13.1 Å². The summed E-state index contributed by atoms with van der Waals surface area (Å²) in [5.41, 5.74) is 6.56. The molecular formula is C12H14N3O2. The summed E-state index contributed by atoms with van der Waals surface area (Å²) in [5.74, 6) is -0.546. The van der Waals surface area contributed by atoms with E-state index in [4.69, 9.17) is 10.2 Å². The Kier molecular flexibility index (Phi) is 2.99. The van der Waals surface area contributed by atoms with Crippen LogP contribution in [-0.2, 0) is 0 Å². The smallest absolute Gasteiger partial charge is 0.298 e. The van der Waals surface area contributed by atoms with Crippen molar-refractivity contribution in [2.75, 3.05) is 18.0 Å². The first-order valence-corrected chi connectivity index (χ1v) is 5.53. The van der Waals surface area contributed by atoms with Gasteiger partial charge < -0.3 is 15.1 Å². The highest BCUT2D eigenvalue weighted by Gasteiger charge is 2.15. The molecule has 17 heavy (non-hydrogen) atoms. The van der Waals surface area contributed by atoms with Crippen LogP contribution in [0.25, 0.3) is 11.1 Å². The summed E-state index contributed by atoms with van der Waals surface area (Å²) in [6.07, 6.45) is 0. The standard InChI is InChI=1S/C12H14N3O2/c1-3-15(4-2)12-14-10-8(11(13)16)6-5-7-9(10)17-12/h5,7H,3-4H2,1-2H3,(H2,13,16). The van der Waals surface area contributed by atoms with Crippen LogP contribution in [0.3, 0.4) is 0 Å². The molecule has 1 heterocycles. The van der Waals surface area contributed by atoms with Gasteiger partial charge in [-0.05, 0) is 32.0 Å². The molecular weight excluding hydrogens is 218 g/mol. The topological polar surface area (TPSA) is 72.4 Å². The summed E-state index contributed by atoms with van der Waals surface area (Å²) < 4.78 is 5.59. The van der Waals surface area contributed by atoms with Crippen molar-refractivity contribution in [3.63, 3.8) is 0 Å². The van der Waals surface area contributed by atoms with Crippen molar-refractivity contribution in [1.82, 2.24) is 4.98 Å². The molecule has 2 rings (SSSR count). The van der Waals surface area contributed by atoms with E-state index in [2.05, 4.69) is 11.1 Å². The van der Waals surface area contributed by atoms with E-state index in [0.29, 0.717) is 17.1 Å². The van der Waals surface area contributed by atoms with Gasteiger partial charge in [0.25, 0.3) is 11.9 Å². The number of carbonyl (C=O) groups excluding carboxylic acids is 1. The van der Waals surface area contributed by atoms with E-state index in [1.165, 1.54) is 0 Å². The van der Waals surface area contributed by atoms with Gasteiger partial charge in [-0.1, -0.05) is 0 Å². The first-order valence-electron chi connectivity index (χ1n) is 5.53. The molecule has 0 unspecified atom stereocenters. The van der Waals surface area contributed by atoms with Crippen molar-refractivity contribution in [3.05, 3.63) is 23.8 Å². The highest BCUT2D eigenvalue weighted by molar-refractivity contribution is 6.03. The van der Waals surface area contributed by atoms with Gasteiger partial charge in [0.2, 0.25) is 0 Å². The molecule has 1 radical (unpaired) electrons. The Morgan fingerprint density at radius 2 is 2.24 bits per heavy atom. The number of hydrogen-bond donors (Lipinski definition) is 1. The van der Waals surface area contributed by atoms with Crippen LogP contribution >= 0.6 is 0 Å². The number of carbonyl (C=O) groups is 1. The number of anilines is 1. The van der Waals surface area contributed by atoms with Crippen LogP contribution in [0.5, 0.6) is 0 Å². The van der Waals surface area contributed by atoms with Crippen LogP contribution in [0.4, 0.5) is 6.01 Å². The highest BCUT2D eigenvalue weighted by Crippen LogP contribution is 2.23. The Morgan fingerprint density at radius 1 is 1.53 bits per heavy atom. The van der Waals surface area contributed by atoms with Crippen molar-refractivity contribution in [1.29, 1.82) is 0 Å². The van der Waals surface area contributed by atoms with Gasteiger partial charge in [-0.25, -0.2) is 0 Å². The van der Waals surface area contributed by atoms with E-state index in [0.717, 1.165) is 13.1 Å². The third kappa shape index (κ3) is 1.95. The summed E-state index contributed by atoms with van der Waals surface area (Å²) in [5, 5.41) is 0. The van der Waals surface area contributed by atoms with E-state index in [1.54, 1.807) is 12.1 Å². The molecule has 1 amide bonds. The number of nitrogens with zero attached hydrogens (tertiary/aromatic N) is 2. The van der Waals surface area contributed by atoms with E-state index in [9.17, 15) is 4.79 Å². The summed E-state index contributed by atoms with van der Waals surface area (Å²) in [7, 11) is 0. The highest BCUT2D eigenvalue weighted by atomic mass is 16.4. The maximum Gasteiger partial charge on any atom is 0.298 e. The fourth-order valence-corrected chi connectivity index (χ4v) is 1.70. The number of aromatic nitrogens is 1. The summed E-state index contributed by atoms with van der Waals surface area (Å²) in [6.45, 7) is 5.61. The lowest BCUT2D eigenvalue weighted by Crippen LogP contribution is -2.22. The molecule has 1 aromatic heterocycles. The SMILES string of the molecule is CCN(CC)c1nc2c(C(N)=O)[c]ccc2o1. The zero-order valence-electron chi connectivity index (χ0n) is 9.86. The molecule has 0 aliphatic heterocycles. The number of amides is 1. The summed E-state index contributed by atoms with van der Waals surface area (Å²) in [6, 6.07) is 6.62. The fourth-order valence-electron chi connectivity index (χ4n) is 1.70. The Bertz CT molecular complexity index is 544. The Balaban J connectivity index is 2.57. The monoisotopic (exact) mass is 232 g/mol. The minimum atomic E-state index is -0.546. The van der Waals surface area contributed by atoms with Crippen molar-refractivity contribution in [2.45, 2.75) is 13.8 Å². The molecule has 0 saturated carbocycles. The van der Waals surface area contributed by atoms with Crippen molar-refractivity contribution in [2.24, 2.45) is 5.73 Å². The number of primary amides is 1. The van der Waals surface area contributed by atoms with Crippen molar-refractivity contribution < 1.29 is 9.21 Å². The van der Waals surface area contributed by atoms with Crippen molar-refractivity contribution >= 4 is 23.0 Å². The normalized spacial score (nSPS) is 10.7. The third-order valence-electron chi connectivity index (χ3n) is 2.62. The van der Waals surface area contributed by atoms with Gasteiger partial charge in [0.1, 0.15) is 5.52 Å². The van der Waals surface area contributed by atoms with Gasteiger partial charge in [0.05, 0.1) is 5.56 Å². The lowest BCUT2D eigenvalue weighted by atomic mass is 10.2. The molecule has 0 atom stereocenters. The molecule has 0 spiro atoms. The average Bonchev–Trinajstić information content (AvgIpc) is 2.73. The minimum absolute atomic E-state index is 0.268. The van der Waals surface area contributed by atoms with Gasteiger partial charge in [-0.2, -0.15) is 4.98 Å². The average molecular weight is 232 g/mol. The first kappa shape index (κ1) is 11.4. The lowest BCUT2D eigenvalue weighted by Gasteiger charge is -2.14. The number of nitrogens with two attached hydrogens (primary N) is 1. The molecule has 0 saturated heterocycles. The molecule has 1 aromatic carbocycles. The first-order chi connectivity index (χ1) is 8.17. The summed E-state index contributed by atoms with van der Waals surface area (Å²) >= 11 is 0. The maximum atomic E-state index is 11.2. The molecule has 0 bridgehead atoms. The van der Waals surface area contributed by atoms with Gasteiger partial charge in [-0.3, -0.25) is 4.79 Å². The van der Waals surface area contributed by atoms with Crippen LogP contribution in [-0.4, -0.2) is 24.0 Å². The number of oxazole rings is 1.